The predicted molar refractivity (Wildman–Crippen MR) is 105 cm³/mol. The largest absolute Gasteiger partial charge is 0.357 e. The molecule has 0 spiro atoms. The summed E-state index contributed by atoms with van der Waals surface area (Å²) in [5, 5.41) is 6.36. The van der Waals surface area contributed by atoms with Gasteiger partial charge in [-0.2, -0.15) is 0 Å². The van der Waals surface area contributed by atoms with Crippen LogP contribution < -0.4 is 10.6 Å². The number of hydrogen-bond acceptors (Lipinski definition) is 3. The van der Waals surface area contributed by atoms with Crippen LogP contribution in [0.15, 0.2) is 35.3 Å². The number of halogens is 1. The molecular weight excluding hydrogens is 427 g/mol. The number of benzene rings is 1. The Labute approximate surface area is 155 Å². The number of nitrogens with zero attached hydrogens (tertiary/aromatic N) is 2. The zero-order valence-corrected chi connectivity index (χ0v) is 16.5. The van der Waals surface area contributed by atoms with Gasteiger partial charge in [0, 0.05) is 26.2 Å². The average molecular weight is 452 g/mol. The Morgan fingerprint density at radius 2 is 2.00 bits per heavy atom. The summed E-state index contributed by atoms with van der Waals surface area (Å²) in [6, 6.07) is 10.0. The Morgan fingerprint density at radius 1 is 1.26 bits per heavy atom. The van der Waals surface area contributed by atoms with Crippen LogP contribution in [-0.2, 0) is 16.6 Å². The van der Waals surface area contributed by atoms with Crippen LogP contribution in [0.25, 0.3) is 0 Å². The van der Waals surface area contributed by atoms with Gasteiger partial charge in [-0.05, 0) is 18.9 Å². The van der Waals surface area contributed by atoms with Crippen LogP contribution >= 0.6 is 24.0 Å². The van der Waals surface area contributed by atoms with Crippen molar-refractivity contribution in [3.63, 3.8) is 0 Å². The van der Waals surface area contributed by atoms with Crippen molar-refractivity contribution in [2.24, 2.45) is 4.99 Å². The first kappa shape index (κ1) is 20.2. The fourth-order valence-electron chi connectivity index (χ4n) is 2.34. The number of guanidine groups is 1. The van der Waals surface area contributed by atoms with Crippen LogP contribution in [0.4, 0.5) is 0 Å². The van der Waals surface area contributed by atoms with Gasteiger partial charge in [-0.15, -0.1) is 24.0 Å². The average Bonchev–Trinajstić information content (AvgIpc) is 2.85. The van der Waals surface area contributed by atoms with Crippen molar-refractivity contribution in [3.05, 3.63) is 35.9 Å². The van der Waals surface area contributed by atoms with E-state index in [1.165, 1.54) is 0 Å². The van der Waals surface area contributed by atoms with Crippen LogP contribution in [0, 0.1) is 0 Å². The summed E-state index contributed by atoms with van der Waals surface area (Å²) < 4.78 is 25.0. The molecule has 1 fully saturated rings. The normalized spacial score (nSPS) is 17.5. The van der Waals surface area contributed by atoms with Gasteiger partial charge in [0.25, 0.3) is 0 Å². The predicted octanol–water partition coefficient (Wildman–Crippen LogP) is 1.40. The van der Waals surface area contributed by atoms with Gasteiger partial charge < -0.3 is 10.6 Å². The minimum atomic E-state index is -3.02. The van der Waals surface area contributed by atoms with Crippen molar-refractivity contribution in [1.29, 1.82) is 0 Å². The van der Waals surface area contributed by atoms with Crippen molar-refractivity contribution in [1.82, 2.24) is 14.9 Å². The molecule has 1 saturated heterocycles. The maximum absolute atomic E-state index is 11.7. The fraction of sp³-hybridized carbons (Fsp3) is 0.533. The number of aliphatic imine (C=N–C) groups is 1. The molecule has 8 heteroatoms. The van der Waals surface area contributed by atoms with Crippen LogP contribution in [0.2, 0.25) is 0 Å². The first-order valence-electron chi connectivity index (χ1n) is 7.66. The van der Waals surface area contributed by atoms with Gasteiger partial charge in [0.1, 0.15) is 0 Å². The summed E-state index contributed by atoms with van der Waals surface area (Å²) in [7, 11) is -3.02. The van der Waals surface area contributed by atoms with E-state index in [2.05, 4.69) is 15.6 Å². The van der Waals surface area contributed by atoms with Crippen molar-refractivity contribution < 1.29 is 8.42 Å². The molecule has 0 atom stereocenters. The highest BCUT2D eigenvalue weighted by Gasteiger charge is 2.27. The molecule has 2 N–H and O–H groups in total. The molecule has 0 aromatic heterocycles. The van der Waals surface area contributed by atoms with Gasteiger partial charge >= 0.3 is 0 Å². The Kier molecular flexibility index (Phi) is 8.85. The Balaban J connectivity index is 0.00000264. The number of hydrogen-bond donors (Lipinski definition) is 2. The van der Waals surface area contributed by atoms with E-state index in [9.17, 15) is 8.42 Å². The van der Waals surface area contributed by atoms with Gasteiger partial charge in [-0.25, -0.2) is 17.7 Å². The van der Waals surface area contributed by atoms with Crippen LogP contribution in [-0.4, -0.2) is 50.6 Å². The van der Waals surface area contributed by atoms with E-state index in [1.807, 2.05) is 37.3 Å². The van der Waals surface area contributed by atoms with Gasteiger partial charge in [-0.3, -0.25) is 0 Å². The first-order chi connectivity index (χ1) is 10.6. The molecule has 0 amide bonds. The van der Waals surface area contributed by atoms with E-state index < -0.39 is 10.0 Å². The monoisotopic (exact) mass is 452 g/mol. The molecule has 23 heavy (non-hydrogen) atoms. The highest BCUT2D eigenvalue weighted by Crippen LogP contribution is 2.11. The summed E-state index contributed by atoms with van der Waals surface area (Å²) in [6.45, 7) is 5.03. The van der Waals surface area contributed by atoms with Crippen molar-refractivity contribution in [3.8, 4) is 0 Å². The molecule has 0 saturated carbocycles. The zero-order valence-electron chi connectivity index (χ0n) is 13.4. The van der Waals surface area contributed by atoms with Crippen LogP contribution in [0.3, 0.4) is 0 Å². The third-order valence-corrected chi connectivity index (χ3v) is 5.42. The second kappa shape index (κ2) is 10.1. The van der Waals surface area contributed by atoms with E-state index in [0.29, 0.717) is 32.1 Å². The molecule has 6 nitrogen and oxygen atoms in total. The van der Waals surface area contributed by atoms with E-state index >= 15 is 0 Å². The Bertz CT molecular complexity index is 593. The summed E-state index contributed by atoms with van der Waals surface area (Å²) in [5.74, 6) is 0.984. The molecule has 1 heterocycles. The summed E-state index contributed by atoms with van der Waals surface area (Å²) in [4.78, 5) is 4.51. The van der Waals surface area contributed by atoms with Crippen molar-refractivity contribution in [2.75, 3.05) is 31.9 Å². The molecule has 0 aliphatic carbocycles. The maximum atomic E-state index is 11.7. The minimum Gasteiger partial charge on any atom is -0.357 e. The van der Waals surface area contributed by atoms with Crippen molar-refractivity contribution in [2.45, 2.75) is 19.9 Å². The van der Waals surface area contributed by atoms with E-state index in [1.54, 1.807) is 4.31 Å². The standard InChI is InChI=1S/C15H24N4O2S.HI/c1-2-16-15(18-13-14-7-4-3-5-8-14)17-9-11-19-10-6-12-22(19,20)21;/h3-5,7-8H,2,6,9-13H2,1H3,(H2,16,17,18);1H. The molecule has 0 unspecified atom stereocenters. The quantitative estimate of drug-likeness (QED) is 0.389. The topological polar surface area (TPSA) is 73.8 Å². The van der Waals surface area contributed by atoms with Gasteiger partial charge in [-0.1, -0.05) is 30.3 Å². The highest BCUT2D eigenvalue weighted by atomic mass is 127. The van der Waals surface area contributed by atoms with Crippen molar-refractivity contribution >= 4 is 40.0 Å². The number of rotatable bonds is 6. The van der Waals surface area contributed by atoms with E-state index in [-0.39, 0.29) is 29.7 Å². The molecule has 130 valence electrons. The fourth-order valence-corrected chi connectivity index (χ4v) is 3.87. The number of sulfonamides is 1. The molecule has 1 aromatic carbocycles. The molecule has 1 aromatic rings. The van der Waals surface area contributed by atoms with E-state index in [0.717, 1.165) is 18.5 Å². The summed E-state index contributed by atoms with van der Waals surface area (Å²) in [5.41, 5.74) is 1.14. The third kappa shape index (κ3) is 6.64. The molecule has 1 aliphatic rings. The lowest BCUT2D eigenvalue weighted by Gasteiger charge is -2.16. The Hall–Kier alpha value is -0.870. The molecule has 0 radical (unpaired) electrons. The smallest absolute Gasteiger partial charge is 0.214 e. The molecule has 2 rings (SSSR count). The number of nitrogens with one attached hydrogen (secondary N) is 2. The highest BCUT2D eigenvalue weighted by molar-refractivity contribution is 14.0. The zero-order chi connectivity index (χ0) is 15.8. The van der Waals surface area contributed by atoms with Crippen LogP contribution in [0.1, 0.15) is 18.9 Å². The second-order valence-electron chi connectivity index (χ2n) is 5.18. The molecular formula is C15H25IN4O2S. The summed E-state index contributed by atoms with van der Waals surface area (Å²) in [6.07, 6.45) is 0.727. The minimum absolute atomic E-state index is 0. The van der Waals surface area contributed by atoms with E-state index in [4.69, 9.17) is 0 Å². The Morgan fingerprint density at radius 3 is 2.61 bits per heavy atom. The van der Waals surface area contributed by atoms with Gasteiger partial charge in [0.2, 0.25) is 10.0 Å². The lowest BCUT2D eigenvalue weighted by Crippen LogP contribution is -2.42. The summed E-state index contributed by atoms with van der Waals surface area (Å²) >= 11 is 0. The lowest BCUT2D eigenvalue weighted by atomic mass is 10.2. The SMILES string of the molecule is CCNC(=NCc1ccccc1)NCCN1CCCS1(=O)=O.I. The van der Waals surface area contributed by atoms with Crippen LogP contribution in [0.5, 0.6) is 0 Å². The second-order valence-corrected chi connectivity index (χ2v) is 7.26. The molecule has 1 aliphatic heterocycles. The molecule has 0 bridgehead atoms. The maximum Gasteiger partial charge on any atom is 0.214 e. The third-order valence-electron chi connectivity index (χ3n) is 3.46. The van der Waals surface area contributed by atoms with Gasteiger partial charge in [0.15, 0.2) is 5.96 Å². The van der Waals surface area contributed by atoms with Gasteiger partial charge in [0.05, 0.1) is 12.3 Å². The lowest BCUT2D eigenvalue weighted by molar-refractivity contribution is 0.445. The first-order valence-corrected chi connectivity index (χ1v) is 9.26.